The lowest BCUT2D eigenvalue weighted by atomic mass is 9.97. The molecular weight excluding hydrogens is 242 g/mol. The number of hydrogen-bond acceptors (Lipinski definition) is 4. The first kappa shape index (κ1) is 13.9. The topological polar surface area (TPSA) is 47.6 Å². The van der Waals surface area contributed by atoms with E-state index in [0.29, 0.717) is 29.4 Å². The van der Waals surface area contributed by atoms with E-state index in [-0.39, 0.29) is 5.78 Å². The lowest BCUT2D eigenvalue weighted by Gasteiger charge is -2.11. The van der Waals surface area contributed by atoms with E-state index in [1.54, 1.807) is 32.4 Å². The third-order valence-electron chi connectivity index (χ3n) is 3.65. The van der Waals surface area contributed by atoms with Crippen molar-refractivity contribution in [3.05, 3.63) is 23.8 Å². The molecule has 19 heavy (non-hydrogen) atoms. The molecule has 2 rings (SSSR count). The van der Waals surface area contributed by atoms with Crippen LogP contribution >= 0.6 is 0 Å². The fourth-order valence-electron chi connectivity index (χ4n) is 2.46. The van der Waals surface area contributed by atoms with E-state index < -0.39 is 0 Å². The van der Waals surface area contributed by atoms with Crippen molar-refractivity contribution in [1.82, 2.24) is 5.32 Å². The van der Waals surface area contributed by atoms with E-state index in [0.717, 1.165) is 19.5 Å². The van der Waals surface area contributed by atoms with Gasteiger partial charge in [-0.2, -0.15) is 0 Å². The van der Waals surface area contributed by atoms with Gasteiger partial charge in [-0.1, -0.05) is 0 Å². The molecule has 1 saturated heterocycles. The second kappa shape index (κ2) is 6.57. The van der Waals surface area contributed by atoms with Crippen molar-refractivity contribution in [2.24, 2.45) is 5.92 Å². The van der Waals surface area contributed by atoms with E-state index in [1.807, 2.05) is 0 Å². The quantitative estimate of drug-likeness (QED) is 0.800. The number of rotatable bonds is 6. The molecule has 1 fully saturated rings. The molecule has 0 spiro atoms. The minimum atomic E-state index is 0.145. The minimum absolute atomic E-state index is 0.145. The molecule has 1 unspecified atom stereocenters. The van der Waals surface area contributed by atoms with Gasteiger partial charge < -0.3 is 14.8 Å². The van der Waals surface area contributed by atoms with E-state index in [4.69, 9.17) is 9.47 Å². The second-order valence-corrected chi connectivity index (χ2v) is 4.89. The van der Waals surface area contributed by atoms with Gasteiger partial charge in [-0.25, -0.2) is 0 Å². The number of ketones is 1. The molecule has 0 aliphatic carbocycles. The number of ether oxygens (including phenoxy) is 2. The van der Waals surface area contributed by atoms with Crippen LogP contribution in [-0.4, -0.2) is 33.1 Å². The molecule has 0 saturated carbocycles. The fourth-order valence-corrected chi connectivity index (χ4v) is 2.46. The van der Waals surface area contributed by atoms with Crippen molar-refractivity contribution in [2.75, 3.05) is 27.3 Å². The molecule has 0 radical (unpaired) electrons. The summed E-state index contributed by atoms with van der Waals surface area (Å²) in [7, 11) is 3.18. The molecule has 4 nitrogen and oxygen atoms in total. The van der Waals surface area contributed by atoms with Crippen LogP contribution in [0.3, 0.4) is 0 Å². The Bertz CT molecular complexity index is 439. The summed E-state index contributed by atoms with van der Waals surface area (Å²) in [4.78, 5) is 12.2. The fraction of sp³-hybridized carbons (Fsp3) is 0.533. The van der Waals surface area contributed by atoms with Crippen molar-refractivity contribution in [3.63, 3.8) is 0 Å². The van der Waals surface area contributed by atoms with Gasteiger partial charge in [-0.15, -0.1) is 0 Å². The van der Waals surface area contributed by atoms with Crippen LogP contribution in [0.1, 0.15) is 29.6 Å². The first-order valence-corrected chi connectivity index (χ1v) is 6.70. The van der Waals surface area contributed by atoms with Crippen molar-refractivity contribution < 1.29 is 14.3 Å². The van der Waals surface area contributed by atoms with Crippen LogP contribution < -0.4 is 14.8 Å². The minimum Gasteiger partial charge on any atom is -0.497 e. The summed E-state index contributed by atoms with van der Waals surface area (Å²) in [6, 6.07) is 5.34. The molecule has 104 valence electrons. The highest BCUT2D eigenvalue weighted by Gasteiger charge is 2.18. The molecule has 1 atom stereocenters. The summed E-state index contributed by atoms with van der Waals surface area (Å²) in [5.74, 6) is 2.07. The lowest BCUT2D eigenvalue weighted by Crippen LogP contribution is -2.11. The summed E-state index contributed by atoms with van der Waals surface area (Å²) >= 11 is 0. The van der Waals surface area contributed by atoms with Crippen LogP contribution in [0.15, 0.2) is 18.2 Å². The van der Waals surface area contributed by atoms with Crippen LogP contribution in [0.5, 0.6) is 11.5 Å². The number of benzene rings is 1. The Morgan fingerprint density at radius 3 is 2.84 bits per heavy atom. The largest absolute Gasteiger partial charge is 0.497 e. The van der Waals surface area contributed by atoms with Crippen LogP contribution in [0.4, 0.5) is 0 Å². The predicted molar refractivity (Wildman–Crippen MR) is 74.1 cm³/mol. The molecule has 0 bridgehead atoms. The molecule has 1 heterocycles. The highest BCUT2D eigenvalue weighted by Crippen LogP contribution is 2.26. The maximum absolute atomic E-state index is 12.2. The summed E-state index contributed by atoms with van der Waals surface area (Å²) in [6.45, 7) is 2.11. The van der Waals surface area contributed by atoms with E-state index in [2.05, 4.69) is 5.32 Å². The van der Waals surface area contributed by atoms with Gasteiger partial charge in [0.25, 0.3) is 0 Å². The standard InChI is InChI=1S/C15H21NO3/c1-18-12-4-5-13(15(9-12)19-2)14(17)6-3-11-7-8-16-10-11/h4-5,9,11,16H,3,6-8,10H2,1-2H3. The van der Waals surface area contributed by atoms with Crippen molar-refractivity contribution in [3.8, 4) is 11.5 Å². The monoisotopic (exact) mass is 263 g/mol. The van der Waals surface area contributed by atoms with Gasteiger partial charge in [0.2, 0.25) is 0 Å². The van der Waals surface area contributed by atoms with Gasteiger partial charge >= 0.3 is 0 Å². The van der Waals surface area contributed by atoms with E-state index in [1.165, 1.54) is 6.42 Å². The normalized spacial score (nSPS) is 18.3. The number of carbonyl (C=O) groups is 1. The zero-order valence-corrected chi connectivity index (χ0v) is 11.6. The van der Waals surface area contributed by atoms with Crippen molar-refractivity contribution in [1.29, 1.82) is 0 Å². The summed E-state index contributed by atoms with van der Waals surface area (Å²) in [6.07, 6.45) is 2.70. The summed E-state index contributed by atoms with van der Waals surface area (Å²) in [5, 5.41) is 3.32. The van der Waals surface area contributed by atoms with Crippen LogP contribution in [0, 0.1) is 5.92 Å². The Labute approximate surface area is 114 Å². The predicted octanol–water partition coefficient (Wildman–Crippen LogP) is 2.28. The van der Waals surface area contributed by atoms with Gasteiger partial charge in [0.15, 0.2) is 5.78 Å². The number of Topliss-reactive ketones (excluding diaryl/α,β-unsaturated/α-hetero) is 1. The van der Waals surface area contributed by atoms with Crippen LogP contribution in [-0.2, 0) is 0 Å². The first-order valence-electron chi connectivity index (χ1n) is 6.70. The number of hydrogen-bond donors (Lipinski definition) is 1. The molecule has 1 aliphatic heterocycles. The van der Waals surface area contributed by atoms with E-state index >= 15 is 0 Å². The molecule has 0 amide bonds. The zero-order chi connectivity index (χ0) is 13.7. The molecule has 1 aromatic rings. The molecule has 1 aromatic carbocycles. The maximum atomic E-state index is 12.2. The van der Waals surface area contributed by atoms with Gasteiger partial charge in [0, 0.05) is 12.5 Å². The van der Waals surface area contributed by atoms with Crippen LogP contribution in [0.2, 0.25) is 0 Å². The molecule has 1 aliphatic rings. The average molecular weight is 263 g/mol. The number of carbonyl (C=O) groups excluding carboxylic acids is 1. The molecule has 0 aromatic heterocycles. The SMILES string of the molecule is COc1ccc(C(=O)CCC2CCNC2)c(OC)c1. The number of nitrogens with one attached hydrogen (secondary N) is 1. The maximum Gasteiger partial charge on any atom is 0.166 e. The Balaban J connectivity index is 2.01. The summed E-state index contributed by atoms with van der Waals surface area (Å²) < 4.78 is 10.4. The third-order valence-corrected chi connectivity index (χ3v) is 3.65. The molecular formula is C15H21NO3. The Morgan fingerprint density at radius 2 is 2.21 bits per heavy atom. The highest BCUT2D eigenvalue weighted by atomic mass is 16.5. The molecule has 4 heteroatoms. The molecule has 1 N–H and O–H groups in total. The Morgan fingerprint density at radius 1 is 1.37 bits per heavy atom. The smallest absolute Gasteiger partial charge is 0.166 e. The summed E-state index contributed by atoms with van der Waals surface area (Å²) in [5.41, 5.74) is 0.647. The van der Waals surface area contributed by atoms with Crippen LogP contribution in [0.25, 0.3) is 0 Å². The third kappa shape index (κ3) is 3.47. The van der Waals surface area contributed by atoms with Crippen molar-refractivity contribution >= 4 is 5.78 Å². The highest BCUT2D eigenvalue weighted by molar-refractivity contribution is 5.98. The second-order valence-electron chi connectivity index (χ2n) is 4.89. The van der Waals surface area contributed by atoms with Gasteiger partial charge in [-0.3, -0.25) is 4.79 Å². The Kier molecular flexibility index (Phi) is 4.80. The zero-order valence-electron chi connectivity index (χ0n) is 11.6. The van der Waals surface area contributed by atoms with Gasteiger partial charge in [-0.05, 0) is 44.0 Å². The Hall–Kier alpha value is -1.55. The van der Waals surface area contributed by atoms with Crippen molar-refractivity contribution in [2.45, 2.75) is 19.3 Å². The van der Waals surface area contributed by atoms with Gasteiger partial charge in [0.1, 0.15) is 11.5 Å². The lowest BCUT2D eigenvalue weighted by molar-refractivity contribution is 0.0971. The number of methoxy groups -OCH3 is 2. The van der Waals surface area contributed by atoms with Gasteiger partial charge in [0.05, 0.1) is 19.8 Å². The van der Waals surface area contributed by atoms with E-state index in [9.17, 15) is 4.79 Å². The first-order chi connectivity index (χ1) is 9.24. The average Bonchev–Trinajstić information content (AvgIpc) is 2.97.